The van der Waals surface area contributed by atoms with Gasteiger partial charge < -0.3 is 5.32 Å². The number of benzene rings is 1. The molecule has 0 atom stereocenters. The van der Waals surface area contributed by atoms with Gasteiger partial charge in [0.05, 0.1) is 16.3 Å². The van der Waals surface area contributed by atoms with Crippen LogP contribution in [0.4, 0.5) is 18.9 Å². The summed E-state index contributed by atoms with van der Waals surface area (Å²) >= 11 is 7.80. The Balaban J connectivity index is 2.15. The maximum absolute atomic E-state index is 12.6. The summed E-state index contributed by atoms with van der Waals surface area (Å²) in [5.41, 5.74) is -0.289. The van der Waals surface area contributed by atoms with Gasteiger partial charge in [-0.05, 0) is 42.5 Å². The van der Waals surface area contributed by atoms with Crippen LogP contribution in [0.2, 0.25) is 5.02 Å². The topological polar surface area (TPSA) is 12.0 Å². The first-order valence-electron chi connectivity index (χ1n) is 5.68. The lowest BCUT2D eigenvalue weighted by atomic mass is 10.1. The summed E-state index contributed by atoms with van der Waals surface area (Å²) < 4.78 is 37.8. The summed E-state index contributed by atoms with van der Waals surface area (Å²) in [6, 6.07) is 3.60. The number of thioether (sulfide) groups is 1. The second-order valence-electron chi connectivity index (χ2n) is 4.22. The van der Waals surface area contributed by atoms with Crippen LogP contribution in [0.1, 0.15) is 18.4 Å². The van der Waals surface area contributed by atoms with E-state index in [1.807, 2.05) is 11.8 Å². The molecule has 0 aliphatic carbocycles. The maximum atomic E-state index is 12.6. The van der Waals surface area contributed by atoms with E-state index < -0.39 is 11.7 Å². The summed E-state index contributed by atoms with van der Waals surface area (Å²) in [6.45, 7) is 0. The van der Waals surface area contributed by atoms with E-state index in [0.717, 1.165) is 36.5 Å². The van der Waals surface area contributed by atoms with Gasteiger partial charge in [-0.1, -0.05) is 11.6 Å². The van der Waals surface area contributed by atoms with Gasteiger partial charge in [0.2, 0.25) is 0 Å². The number of rotatable bonds is 2. The summed E-state index contributed by atoms with van der Waals surface area (Å²) in [5, 5.41) is 3.45. The highest BCUT2D eigenvalue weighted by atomic mass is 35.5. The van der Waals surface area contributed by atoms with Crippen LogP contribution >= 0.6 is 23.4 Å². The van der Waals surface area contributed by atoms with Gasteiger partial charge >= 0.3 is 6.18 Å². The zero-order chi connectivity index (χ0) is 13.2. The molecule has 0 unspecified atom stereocenters. The van der Waals surface area contributed by atoms with Crippen molar-refractivity contribution < 1.29 is 13.2 Å². The predicted molar refractivity (Wildman–Crippen MR) is 70.4 cm³/mol. The molecule has 1 saturated heterocycles. The SMILES string of the molecule is FC(F)(F)c1ccc(Cl)c(NC2CCSCC2)c1. The first-order chi connectivity index (χ1) is 8.47. The third-order valence-corrected chi connectivity index (χ3v) is 4.25. The first-order valence-corrected chi connectivity index (χ1v) is 7.21. The van der Waals surface area contributed by atoms with Crippen molar-refractivity contribution in [3.05, 3.63) is 28.8 Å². The van der Waals surface area contributed by atoms with Gasteiger partial charge in [-0.2, -0.15) is 24.9 Å². The van der Waals surface area contributed by atoms with Crippen molar-refractivity contribution >= 4 is 29.1 Å². The Hall–Kier alpha value is -0.550. The molecule has 2 rings (SSSR count). The molecule has 100 valence electrons. The molecule has 0 saturated carbocycles. The molecule has 1 aromatic rings. The van der Waals surface area contributed by atoms with E-state index >= 15 is 0 Å². The van der Waals surface area contributed by atoms with E-state index in [9.17, 15) is 13.2 Å². The number of nitrogens with one attached hydrogen (secondary N) is 1. The van der Waals surface area contributed by atoms with Crippen LogP contribution in [0.15, 0.2) is 18.2 Å². The van der Waals surface area contributed by atoms with Crippen LogP contribution in [-0.4, -0.2) is 17.5 Å². The smallest absolute Gasteiger partial charge is 0.381 e. The average Bonchev–Trinajstić information content (AvgIpc) is 2.32. The first kappa shape index (κ1) is 13.9. The number of hydrogen-bond donors (Lipinski definition) is 1. The third-order valence-electron chi connectivity index (χ3n) is 2.87. The normalized spacial score (nSPS) is 17.8. The van der Waals surface area contributed by atoms with Crippen LogP contribution in [0.25, 0.3) is 0 Å². The largest absolute Gasteiger partial charge is 0.416 e. The van der Waals surface area contributed by atoms with Crippen LogP contribution in [0.5, 0.6) is 0 Å². The summed E-state index contributed by atoms with van der Waals surface area (Å²) in [6.07, 6.45) is -2.42. The Morgan fingerprint density at radius 2 is 1.89 bits per heavy atom. The number of anilines is 1. The monoisotopic (exact) mass is 295 g/mol. The van der Waals surface area contributed by atoms with Crippen molar-refractivity contribution in [3.8, 4) is 0 Å². The molecule has 1 heterocycles. The van der Waals surface area contributed by atoms with Gasteiger partial charge in [-0.3, -0.25) is 0 Å². The van der Waals surface area contributed by atoms with E-state index in [4.69, 9.17) is 11.6 Å². The lowest BCUT2D eigenvalue weighted by Crippen LogP contribution is -2.24. The van der Waals surface area contributed by atoms with Gasteiger partial charge in [-0.25, -0.2) is 0 Å². The third kappa shape index (κ3) is 3.48. The van der Waals surface area contributed by atoms with Gasteiger partial charge in [0.25, 0.3) is 0 Å². The molecule has 0 bridgehead atoms. The van der Waals surface area contributed by atoms with E-state index in [1.54, 1.807) is 0 Å². The zero-order valence-electron chi connectivity index (χ0n) is 9.56. The fourth-order valence-electron chi connectivity index (χ4n) is 1.87. The molecule has 18 heavy (non-hydrogen) atoms. The van der Waals surface area contributed by atoms with Gasteiger partial charge in [0, 0.05) is 6.04 Å². The molecular weight excluding hydrogens is 283 g/mol. The predicted octanol–water partition coefficient (Wildman–Crippen LogP) is 4.67. The van der Waals surface area contributed by atoms with E-state index in [1.165, 1.54) is 6.07 Å². The van der Waals surface area contributed by atoms with Gasteiger partial charge in [0.1, 0.15) is 0 Å². The van der Waals surface area contributed by atoms with E-state index in [-0.39, 0.29) is 6.04 Å². The highest BCUT2D eigenvalue weighted by molar-refractivity contribution is 7.99. The molecule has 0 amide bonds. The van der Waals surface area contributed by atoms with E-state index in [2.05, 4.69) is 5.32 Å². The molecule has 0 spiro atoms. The fourth-order valence-corrected chi connectivity index (χ4v) is 3.15. The molecule has 6 heteroatoms. The molecule has 1 nitrogen and oxygen atoms in total. The minimum absolute atomic E-state index is 0.215. The lowest BCUT2D eigenvalue weighted by molar-refractivity contribution is -0.137. The Morgan fingerprint density at radius 3 is 2.50 bits per heavy atom. The van der Waals surface area contributed by atoms with Crippen LogP contribution in [0.3, 0.4) is 0 Å². The van der Waals surface area contributed by atoms with E-state index in [0.29, 0.717) is 10.7 Å². The van der Waals surface area contributed by atoms with Crippen molar-refractivity contribution in [3.63, 3.8) is 0 Å². The van der Waals surface area contributed by atoms with Crippen LogP contribution < -0.4 is 5.32 Å². The number of halogens is 4. The highest BCUT2D eigenvalue weighted by Gasteiger charge is 2.31. The van der Waals surface area contributed by atoms with Crippen molar-refractivity contribution in [2.45, 2.75) is 25.1 Å². The van der Waals surface area contributed by atoms with Crippen molar-refractivity contribution in [1.29, 1.82) is 0 Å². The highest BCUT2D eigenvalue weighted by Crippen LogP contribution is 2.34. The van der Waals surface area contributed by atoms with Gasteiger partial charge in [0.15, 0.2) is 0 Å². The van der Waals surface area contributed by atoms with Crippen LogP contribution in [0, 0.1) is 0 Å². The molecule has 1 fully saturated rings. The van der Waals surface area contributed by atoms with Crippen molar-refractivity contribution in [2.24, 2.45) is 0 Å². The number of hydrogen-bond acceptors (Lipinski definition) is 2. The molecule has 1 aliphatic rings. The number of alkyl halides is 3. The fraction of sp³-hybridized carbons (Fsp3) is 0.500. The maximum Gasteiger partial charge on any atom is 0.416 e. The Kier molecular flexibility index (Phi) is 4.33. The standard InChI is InChI=1S/C12H13ClF3NS/c13-10-2-1-8(12(14,15)16)7-11(10)17-9-3-5-18-6-4-9/h1-2,7,9,17H,3-6H2. The second kappa shape index (κ2) is 5.61. The molecule has 1 aromatic carbocycles. The Labute approximate surface area is 113 Å². The summed E-state index contributed by atoms with van der Waals surface area (Å²) in [4.78, 5) is 0. The average molecular weight is 296 g/mol. The lowest BCUT2D eigenvalue weighted by Gasteiger charge is -2.24. The summed E-state index contributed by atoms with van der Waals surface area (Å²) in [5.74, 6) is 2.07. The molecule has 1 N–H and O–H groups in total. The Bertz CT molecular complexity index is 416. The minimum Gasteiger partial charge on any atom is -0.381 e. The molecule has 1 aliphatic heterocycles. The van der Waals surface area contributed by atoms with Gasteiger partial charge in [-0.15, -0.1) is 0 Å². The minimum atomic E-state index is -4.33. The zero-order valence-corrected chi connectivity index (χ0v) is 11.1. The Morgan fingerprint density at radius 1 is 1.22 bits per heavy atom. The molecular formula is C12H13ClF3NS. The van der Waals surface area contributed by atoms with Crippen molar-refractivity contribution in [1.82, 2.24) is 0 Å². The second-order valence-corrected chi connectivity index (χ2v) is 5.86. The summed E-state index contributed by atoms with van der Waals surface area (Å²) in [7, 11) is 0. The van der Waals surface area contributed by atoms with Crippen LogP contribution in [-0.2, 0) is 6.18 Å². The quantitative estimate of drug-likeness (QED) is 0.851. The molecule has 0 radical (unpaired) electrons. The molecule has 0 aromatic heterocycles. The van der Waals surface area contributed by atoms with Crippen molar-refractivity contribution in [2.75, 3.05) is 16.8 Å².